The maximum atomic E-state index is 13.6. The van der Waals surface area contributed by atoms with Crippen LogP contribution in [0.25, 0.3) is 0 Å². The Labute approximate surface area is 102 Å². The van der Waals surface area contributed by atoms with Gasteiger partial charge < -0.3 is 15.2 Å². The molecule has 1 aromatic rings. The van der Waals surface area contributed by atoms with Gasteiger partial charge in [0.25, 0.3) is 0 Å². The van der Waals surface area contributed by atoms with Gasteiger partial charge in [-0.2, -0.15) is 0 Å². The molecule has 0 heterocycles. The van der Waals surface area contributed by atoms with E-state index in [-0.39, 0.29) is 23.7 Å². The minimum atomic E-state index is -0.385. The number of benzene rings is 1. The SMILES string of the molecule is CC(C)OCCOc1ccc([C@@H](C)N)cc1F. The van der Waals surface area contributed by atoms with Crippen molar-refractivity contribution in [2.24, 2.45) is 5.73 Å². The average molecular weight is 241 g/mol. The summed E-state index contributed by atoms with van der Waals surface area (Å²) in [5.41, 5.74) is 6.42. The van der Waals surface area contributed by atoms with Gasteiger partial charge in [0.05, 0.1) is 12.7 Å². The molecular weight excluding hydrogens is 221 g/mol. The van der Waals surface area contributed by atoms with Gasteiger partial charge in [-0.25, -0.2) is 4.39 Å². The Morgan fingerprint density at radius 1 is 1.24 bits per heavy atom. The van der Waals surface area contributed by atoms with Crippen LogP contribution in [0.3, 0.4) is 0 Å². The van der Waals surface area contributed by atoms with Crippen LogP contribution in [0.5, 0.6) is 5.75 Å². The van der Waals surface area contributed by atoms with E-state index in [0.717, 1.165) is 5.56 Å². The van der Waals surface area contributed by atoms with Crippen LogP contribution >= 0.6 is 0 Å². The molecule has 0 aliphatic carbocycles. The van der Waals surface area contributed by atoms with Crippen LogP contribution in [0.15, 0.2) is 18.2 Å². The number of nitrogens with two attached hydrogens (primary N) is 1. The fraction of sp³-hybridized carbons (Fsp3) is 0.538. The fourth-order valence-corrected chi connectivity index (χ4v) is 1.35. The summed E-state index contributed by atoms with van der Waals surface area (Å²) in [5, 5.41) is 0. The van der Waals surface area contributed by atoms with Crippen LogP contribution in [0.1, 0.15) is 32.4 Å². The summed E-state index contributed by atoms with van der Waals surface area (Å²) in [6, 6.07) is 4.60. The van der Waals surface area contributed by atoms with Crippen molar-refractivity contribution < 1.29 is 13.9 Å². The third-order valence-corrected chi connectivity index (χ3v) is 2.27. The smallest absolute Gasteiger partial charge is 0.165 e. The van der Waals surface area contributed by atoms with E-state index >= 15 is 0 Å². The molecule has 4 heteroatoms. The summed E-state index contributed by atoms with van der Waals surface area (Å²) in [6.07, 6.45) is 0.156. The van der Waals surface area contributed by atoms with E-state index in [4.69, 9.17) is 15.2 Å². The molecule has 17 heavy (non-hydrogen) atoms. The molecule has 1 atom stereocenters. The minimum Gasteiger partial charge on any atom is -0.488 e. The first-order chi connectivity index (χ1) is 8.00. The Hall–Kier alpha value is -1.13. The van der Waals surface area contributed by atoms with Gasteiger partial charge in [0, 0.05) is 6.04 Å². The Kier molecular flexibility index (Phi) is 5.38. The summed E-state index contributed by atoms with van der Waals surface area (Å²) >= 11 is 0. The molecule has 0 amide bonds. The lowest BCUT2D eigenvalue weighted by Crippen LogP contribution is -2.12. The van der Waals surface area contributed by atoms with Gasteiger partial charge in [0.15, 0.2) is 11.6 Å². The van der Waals surface area contributed by atoms with Crippen molar-refractivity contribution >= 4 is 0 Å². The predicted molar refractivity (Wildman–Crippen MR) is 65.6 cm³/mol. The molecule has 2 N–H and O–H groups in total. The van der Waals surface area contributed by atoms with E-state index in [1.807, 2.05) is 20.8 Å². The molecule has 0 radical (unpaired) electrons. The van der Waals surface area contributed by atoms with Gasteiger partial charge in [-0.05, 0) is 38.5 Å². The van der Waals surface area contributed by atoms with E-state index in [1.54, 1.807) is 12.1 Å². The lowest BCUT2D eigenvalue weighted by atomic mass is 10.1. The van der Waals surface area contributed by atoms with E-state index in [9.17, 15) is 4.39 Å². The molecule has 0 saturated carbocycles. The normalized spacial score (nSPS) is 12.8. The number of ether oxygens (including phenoxy) is 2. The zero-order valence-corrected chi connectivity index (χ0v) is 10.6. The van der Waals surface area contributed by atoms with Crippen LogP contribution in [0, 0.1) is 5.82 Å². The fourth-order valence-electron chi connectivity index (χ4n) is 1.35. The zero-order valence-electron chi connectivity index (χ0n) is 10.6. The highest BCUT2D eigenvalue weighted by molar-refractivity contribution is 5.30. The zero-order chi connectivity index (χ0) is 12.8. The van der Waals surface area contributed by atoms with Gasteiger partial charge in [0.2, 0.25) is 0 Å². The van der Waals surface area contributed by atoms with Gasteiger partial charge >= 0.3 is 0 Å². The maximum absolute atomic E-state index is 13.6. The third kappa shape index (κ3) is 4.71. The molecule has 0 aliphatic heterocycles. The number of rotatable bonds is 6. The molecule has 0 fully saturated rings. The highest BCUT2D eigenvalue weighted by Gasteiger charge is 2.07. The molecule has 0 aromatic heterocycles. The molecule has 1 aromatic carbocycles. The van der Waals surface area contributed by atoms with Crippen molar-refractivity contribution in [3.05, 3.63) is 29.6 Å². The minimum absolute atomic E-state index is 0.156. The molecule has 0 bridgehead atoms. The first-order valence-corrected chi connectivity index (χ1v) is 5.80. The number of hydrogen-bond donors (Lipinski definition) is 1. The van der Waals surface area contributed by atoms with Gasteiger partial charge in [-0.3, -0.25) is 0 Å². The van der Waals surface area contributed by atoms with Crippen LogP contribution in [-0.4, -0.2) is 19.3 Å². The van der Waals surface area contributed by atoms with Crippen LogP contribution in [0.2, 0.25) is 0 Å². The molecule has 96 valence electrons. The molecular formula is C13H20FNO2. The van der Waals surface area contributed by atoms with Gasteiger partial charge in [0.1, 0.15) is 6.61 Å². The molecule has 3 nitrogen and oxygen atoms in total. The monoisotopic (exact) mass is 241 g/mol. The lowest BCUT2D eigenvalue weighted by molar-refractivity contribution is 0.0544. The highest BCUT2D eigenvalue weighted by atomic mass is 19.1. The van der Waals surface area contributed by atoms with Crippen molar-refractivity contribution in [1.29, 1.82) is 0 Å². The third-order valence-electron chi connectivity index (χ3n) is 2.27. The van der Waals surface area contributed by atoms with Gasteiger partial charge in [-0.15, -0.1) is 0 Å². The standard InChI is InChI=1S/C13H20FNO2/c1-9(2)16-6-7-17-13-5-4-11(10(3)15)8-12(13)14/h4-5,8-10H,6-7,15H2,1-3H3/t10-/m1/s1. The molecule has 0 saturated heterocycles. The summed E-state index contributed by atoms with van der Waals surface area (Å²) < 4.78 is 24.2. The number of halogens is 1. The maximum Gasteiger partial charge on any atom is 0.165 e. The predicted octanol–water partition coefficient (Wildman–Crippen LogP) is 2.65. The Bertz CT molecular complexity index is 353. The summed E-state index contributed by atoms with van der Waals surface area (Å²) in [4.78, 5) is 0. The van der Waals surface area contributed by atoms with Crippen molar-refractivity contribution in [3.8, 4) is 5.75 Å². The highest BCUT2D eigenvalue weighted by Crippen LogP contribution is 2.20. The average Bonchev–Trinajstić information content (AvgIpc) is 2.25. The molecule has 0 unspecified atom stereocenters. The van der Waals surface area contributed by atoms with E-state index in [0.29, 0.717) is 13.2 Å². The van der Waals surface area contributed by atoms with Gasteiger partial charge in [-0.1, -0.05) is 6.07 Å². The molecule has 0 spiro atoms. The molecule has 1 rings (SSSR count). The number of hydrogen-bond acceptors (Lipinski definition) is 3. The first kappa shape index (κ1) is 13.9. The summed E-state index contributed by atoms with van der Waals surface area (Å²) in [5.74, 6) is -0.147. The van der Waals surface area contributed by atoms with Crippen molar-refractivity contribution in [2.45, 2.75) is 32.9 Å². The van der Waals surface area contributed by atoms with E-state index in [1.165, 1.54) is 6.07 Å². The van der Waals surface area contributed by atoms with Crippen LogP contribution < -0.4 is 10.5 Å². The largest absolute Gasteiger partial charge is 0.488 e. The first-order valence-electron chi connectivity index (χ1n) is 5.80. The van der Waals surface area contributed by atoms with Crippen molar-refractivity contribution in [3.63, 3.8) is 0 Å². The lowest BCUT2D eigenvalue weighted by Gasteiger charge is -2.11. The Morgan fingerprint density at radius 2 is 1.94 bits per heavy atom. The second-order valence-corrected chi connectivity index (χ2v) is 4.25. The summed E-state index contributed by atoms with van der Waals surface area (Å²) in [7, 11) is 0. The Morgan fingerprint density at radius 3 is 2.47 bits per heavy atom. The summed E-state index contributed by atoms with van der Waals surface area (Å²) in [6.45, 7) is 6.49. The Balaban J connectivity index is 2.49. The van der Waals surface area contributed by atoms with E-state index in [2.05, 4.69) is 0 Å². The quantitative estimate of drug-likeness (QED) is 0.779. The van der Waals surface area contributed by atoms with Crippen LogP contribution in [-0.2, 0) is 4.74 Å². The van der Waals surface area contributed by atoms with Crippen molar-refractivity contribution in [1.82, 2.24) is 0 Å². The van der Waals surface area contributed by atoms with Crippen LogP contribution in [0.4, 0.5) is 4.39 Å². The molecule has 0 aliphatic rings. The topological polar surface area (TPSA) is 44.5 Å². The second-order valence-electron chi connectivity index (χ2n) is 4.25. The second kappa shape index (κ2) is 6.57. The van der Waals surface area contributed by atoms with Crippen molar-refractivity contribution in [2.75, 3.05) is 13.2 Å². The van der Waals surface area contributed by atoms with E-state index < -0.39 is 0 Å².